The molecule has 37 heavy (non-hydrogen) atoms. The summed E-state index contributed by atoms with van der Waals surface area (Å²) in [5, 5.41) is 0. The molecule has 0 saturated heterocycles. The molecule has 0 aliphatic carbocycles. The van der Waals surface area contributed by atoms with E-state index in [4.69, 9.17) is 18.9 Å². The van der Waals surface area contributed by atoms with Crippen molar-refractivity contribution in [2.45, 2.75) is 26.3 Å². The van der Waals surface area contributed by atoms with E-state index < -0.39 is 11.9 Å². The standard InChI is InChI=1S/C30H25NO6/c1-18-13-23(19(2)31(18)15-20-11-12-27-28(14-20)36-17-35-27)24(32)16-34-30(33)29-21-7-3-5-9-25(21)37-26-10-6-4-8-22(26)29/h3-14,29H,15-17H2,1-2H3. The van der Waals surface area contributed by atoms with E-state index in [1.54, 1.807) is 0 Å². The lowest BCUT2D eigenvalue weighted by molar-refractivity contribution is -0.143. The highest BCUT2D eigenvalue weighted by atomic mass is 16.7. The van der Waals surface area contributed by atoms with E-state index in [0.717, 1.165) is 39.6 Å². The van der Waals surface area contributed by atoms with Gasteiger partial charge in [0.1, 0.15) is 17.4 Å². The molecule has 0 saturated carbocycles. The van der Waals surface area contributed by atoms with Crippen LogP contribution < -0.4 is 14.2 Å². The first-order valence-electron chi connectivity index (χ1n) is 12.1. The number of Topliss-reactive ketones (excluding diaryl/α,β-unsaturated/α-hetero) is 1. The number of aryl methyl sites for hydroxylation is 1. The molecular weight excluding hydrogens is 470 g/mol. The largest absolute Gasteiger partial charge is 0.457 e. The number of aromatic nitrogens is 1. The van der Waals surface area contributed by atoms with Crippen molar-refractivity contribution in [3.63, 3.8) is 0 Å². The number of rotatable bonds is 6. The Bertz CT molecular complexity index is 1490. The van der Waals surface area contributed by atoms with E-state index in [2.05, 4.69) is 4.57 Å². The summed E-state index contributed by atoms with van der Waals surface area (Å²) in [5.74, 6) is 1.30. The SMILES string of the molecule is Cc1cc(C(=O)COC(=O)C2c3ccccc3Oc3ccccc32)c(C)n1Cc1ccc2c(c1)OCO2. The van der Waals surface area contributed by atoms with Crippen molar-refractivity contribution < 1.29 is 28.5 Å². The number of esters is 1. The zero-order valence-electron chi connectivity index (χ0n) is 20.5. The van der Waals surface area contributed by atoms with Crippen molar-refractivity contribution in [1.82, 2.24) is 4.57 Å². The average Bonchev–Trinajstić information content (AvgIpc) is 3.49. The minimum absolute atomic E-state index is 0.225. The van der Waals surface area contributed by atoms with Crippen LogP contribution in [-0.4, -0.2) is 29.7 Å². The van der Waals surface area contributed by atoms with Crippen LogP contribution in [0.2, 0.25) is 0 Å². The molecule has 6 rings (SSSR count). The lowest BCUT2D eigenvalue weighted by Gasteiger charge is -2.26. The van der Waals surface area contributed by atoms with Gasteiger partial charge in [-0.05, 0) is 49.7 Å². The van der Waals surface area contributed by atoms with Crippen LogP contribution in [-0.2, 0) is 16.1 Å². The van der Waals surface area contributed by atoms with Crippen molar-refractivity contribution in [1.29, 1.82) is 0 Å². The van der Waals surface area contributed by atoms with E-state index >= 15 is 0 Å². The molecule has 0 radical (unpaired) electrons. The Hall–Kier alpha value is -4.52. The van der Waals surface area contributed by atoms with Gasteiger partial charge in [0, 0.05) is 34.6 Å². The summed E-state index contributed by atoms with van der Waals surface area (Å²) in [5.41, 5.74) is 4.78. The minimum Gasteiger partial charge on any atom is -0.457 e. The molecule has 0 amide bonds. The van der Waals surface area contributed by atoms with Gasteiger partial charge in [0.15, 0.2) is 18.1 Å². The molecule has 0 bridgehead atoms. The van der Waals surface area contributed by atoms with Gasteiger partial charge in [0.2, 0.25) is 12.6 Å². The molecular formula is C30H25NO6. The van der Waals surface area contributed by atoms with Gasteiger partial charge < -0.3 is 23.5 Å². The van der Waals surface area contributed by atoms with Crippen molar-refractivity contribution >= 4 is 11.8 Å². The van der Waals surface area contributed by atoms with E-state index in [0.29, 0.717) is 23.6 Å². The monoisotopic (exact) mass is 495 g/mol. The third-order valence-electron chi connectivity index (χ3n) is 6.91. The molecule has 1 aromatic heterocycles. The number of para-hydroxylation sites is 2. The van der Waals surface area contributed by atoms with Crippen LogP contribution in [0.15, 0.2) is 72.8 Å². The van der Waals surface area contributed by atoms with Gasteiger partial charge in [-0.2, -0.15) is 0 Å². The molecule has 186 valence electrons. The second-order valence-electron chi connectivity index (χ2n) is 9.20. The Kier molecular flexibility index (Phi) is 5.68. The number of nitrogens with zero attached hydrogens (tertiary/aromatic N) is 1. The van der Waals surface area contributed by atoms with Crippen molar-refractivity contribution in [2.75, 3.05) is 13.4 Å². The maximum absolute atomic E-state index is 13.3. The lowest BCUT2D eigenvalue weighted by Crippen LogP contribution is -2.23. The lowest BCUT2D eigenvalue weighted by atomic mass is 9.88. The summed E-state index contributed by atoms with van der Waals surface area (Å²) in [6, 6.07) is 22.5. The van der Waals surface area contributed by atoms with Crippen LogP contribution in [0.1, 0.15) is 44.4 Å². The second kappa shape index (κ2) is 9.17. The molecule has 0 fully saturated rings. The highest BCUT2D eigenvalue weighted by Gasteiger charge is 2.34. The van der Waals surface area contributed by atoms with E-state index in [-0.39, 0.29) is 19.2 Å². The second-order valence-corrected chi connectivity index (χ2v) is 9.20. The molecule has 3 aromatic carbocycles. The van der Waals surface area contributed by atoms with Crippen LogP contribution in [0, 0.1) is 13.8 Å². The average molecular weight is 496 g/mol. The van der Waals surface area contributed by atoms with Gasteiger partial charge >= 0.3 is 5.97 Å². The molecule has 7 nitrogen and oxygen atoms in total. The Morgan fingerprint density at radius 1 is 0.865 bits per heavy atom. The summed E-state index contributed by atoms with van der Waals surface area (Å²) in [7, 11) is 0. The number of carbonyl (C=O) groups is 2. The third kappa shape index (κ3) is 4.12. The van der Waals surface area contributed by atoms with Crippen LogP contribution >= 0.6 is 0 Å². The predicted octanol–water partition coefficient (Wildman–Crippen LogP) is 5.55. The van der Waals surface area contributed by atoms with Gasteiger partial charge in [-0.15, -0.1) is 0 Å². The number of hydrogen-bond acceptors (Lipinski definition) is 6. The molecule has 0 unspecified atom stereocenters. The molecule has 3 heterocycles. The van der Waals surface area contributed by atoms with Crippen molar-refractivity contribution in [2.24, 2.45) is 0 Å². The van der Waals surface area contributed by atoms with Crippen molar-refractivity contribution in [3.05, 3.63) is 106 Å². The zero-order chi connectivity index (χ0) is 25.5. The van der Waals surface area contributed by atoms with Crippen LogP contribution in [0.5, 0.6) is 23.0 Å². The van der Waals surface area contributed by atoms with E-state index in [1.807, 2.05) is 86.6 Å². The van der Waals surface area contributed by atoms with Gasteiger partial charge in [-0.25, -0.2) is 0 Å². The van der Waals surface area contributed by atoms with Gasteiger partial charge in [0.25, 0.3) is 0 Å². The number of hydrogen-bond donors (Lipinski definition) is 0. The normalized spacial score (nSPS) is 13.5. The fourth-order valence-electron chi connectivity index (χ4n) is 5.01. The zero-order valence-corrected chi connectivity index (χ0v) is 20.5. The predicted molar refractivity (Wildman–Crippen MR) is 136 cm³/mol. The number of carbonyl (C=O) groups excluding carboxylic acids is 2. The Morgan fingerprint density at radius 2 is 1.54 bits per heavy atom. The number of ketones is 1. The quantitative estimate of drug-likeness (QED) is 0.258. The fraction of sp³-hybridized carbons (Fsp3) is 0.200. The maximum Gasteiger partial charge on any atom is 0.318 e. The summed E-state index contributed by atoms with van der Waals surface area (Å²) in [6.45, 7) is 4.33. The molecule has 0 spiro atoms. The van der Waals surface area contributed by atoms with Crippen LogP contribution in [0.3, 0.4) is 0 Å². The molecule has 0 N–H and O–H groups in total. The van der Waals surface area contributed by atoms with Crippen molar-refractivity contribution in [3.8, 4) is 23.0 Å². The Labute approximate surface area is 214 Å². The smallest absolute Gasteiger partial charge is 0.318 e. The topological polar surface area (TPSA) is 76.0 Å². The summed E-state index contributed by atoms with van der Waals surface area (Å²) in [6.07, 6.45) is 0. The Balaban J connectivity index is 1.19. The summed E-state index contributed by atoms with van der Waals surface area (Å²) < 4.78 is 24.5. The molecule has 2 aliphatic heterocycles. The van der Waals surface area contributed by atoms with Gasteiger partial charge in [-0.1, -0.05) is 42.5 Å². The third-order valence-corrected chi connectivity index (χ3v) is 6.91. The highest BCUT2D eigenvalue weighted by molar-refractivity contribution is 5.99. The van der Waals surface area contributed by atoms with Crippen LogP contribution in [0.25, 0.3) is 0 Å². The van der Waals surface area contributed by atoms with Crippen LogP contribution in [0.4, 0.5) is 0 Å². The first-order valence-corrected chi connectivity index (χ1v) is 12.1. The molecule has 4 aromatic rings. The molecule has 0 atom stereocenters. The Morgan fingerprint density at radius 3 is 2.27 bits per heavy atom. The maximum atomic E-state index is 13.3. The fourth-order valence-corrected chi connectivity index (χ4v) is 5.01. The van der Waals surface area contributed by atoms with E-state index in [9.17, 15) is 9.59 Å². The van der Waals surface area contributed by atoms with Gasteiger partial charge in [0.05, 0.1) is 0 Å². The number of ether oxygens (including phenoxy) is 4. The first kappa shape index (κ1) is 22.9. The number of benzene rings is 3. The highest BCUT2D eigenvalue weighted by Crippen LogP contribution is 2.44. The van der Waals surface area contributed by atoms with E-state index in [1.165, 1.54) is 0 Å². The van der Waals surface area contributed by atoms with Gasteiger partial charge in [-0.3, -0.25) is 9.59 Å². The molecule has 2 aliphatic rings. The first-order chi connectivity index (χ1) is 18.0. The summed E-state index contributed by atoms with van der Waals surface area (Å²) >= 11 is 0. The number of fused-ring (bicyclic) bond motifs is 3. The summed E-state index contributed by atoms with van der Waals surface area (Å²) in [4.78, 5) is 26.5. The minimum atomic E-state index is -0.660. The molecule has 7 heteroatoms.